The number of thiazole rings is 1. The fraction of sp³-hybridized carbons (Fsp3) is 0.778. The average Bonchev–Trinajstić information content (AvgIpc) is 3.02. The van der Waals surface area contributed by atoms with E-state index in [9.17, 15) is 0 Å². The highest BCUT2D eigenvalue weighted by molar-refractivity contribution is 7.11. The Kier molecular flexibility index (Phi) is 9.13. The number of rotatable bonds is 9. The molecule has 5 nitrogen and oxygen atoms in total. The molecule has 6 heteroatoms. The van der Waals surface area contributed by atoms with Gasteiger partial charge in [-0.3, -0.25) is 4.99 Å². The molecule has 1 aliphatic heterocycles. The van der Waals surface area contributed by atoms with Crippen molar-refractivity contribution in [2.24, 2.45) is 4.99 Å². The van der Waals surface area contributed by atoms with E-state index in [0.29, 0.717) is 0 Å². The first-order valence-electron chi connectivity index (χ1n) is 9.36. The predicted molar refractivity (Wildman–Crippen MR) is 104 cm³/mol. The van der Waals surface area contributed by atoms with Gasteiger partial charge in [-0.05, 0) is 52.2 Å². The van der Waals surface area contributed by atoms with Gasteiger partial charge in [0.25, 0.3) is 0 Å². The Morgan fingerprint density at radius 1 is 1.17 bits per heavy atom. The van der Waals surface area contributed by atoms with Crippen LogP contribution in [0.25, 0.3) is 0 Å². The van der Waals surface area contributed by atoms with Crippen molar-refractivity contribution >= 4 is 17.3 Å². The molecule has 2 rings (SSSR count). The van der Waals surface area contributed by atoms with E-state index >= 15 is 0 Å². The molecule has 0 atom stereocenters. The van der Waals surface area contributed by atoms with Crippen molar-refractivity contribution in [1.29, 1.82) is 0 Å². The molecule has 0 bridgehead atoms. The minimum atomic E-state index is 0.877. The summed E-state index contributed by atoms with van der Waals surface area (Å²) in [6.07, 6.45) is 10.9. The van der Waals surface area contributed by atoms with Crippen LogP contribution < -0.4 is 10.6 Å². The van der Waals surface area contributed by atoms with Crippen LogP contribution in [0.3, 0.4) is 0 Å². The lowest BCUT2D eigenvalue weighted by molar-refractivity contribution is 0.224. The van der Waals surface area contributed by atoms with Crippen molar-refractivity contribution < 1.29 is 0 Å². The Hall–Kier alpha value is -1.14. The first kappa shape index (κ1) is 19.2. The smallest absolute Gasteiger partial charge is 0.190 e. The number of unbranched alkanes of at least 4 members (excludes halogenated alkanes) is 2. The molecule has 1 aromatic rings. The summed E-state index contributed by atoms with van der Waals surface area (Å²) < 4.78 is 0. The van der Waals surface area contributed by atoms with Gasteiger partial charge in [0.2, 0.25) is 0 Å². The van der Waals surface area contributed by atoms with E-state index in [0.717, 1.165) is 25.5 Å². The van der Waals surface area contributed by atoms with Gasteiger partial charge in [0.05, 0.1) is 5.01 Å². The Morgan fingerprint density at radius 2 is 1.96 bits per heavy atom. The number of aromatic nitrogens is 1. The Labute approximate surface area is 151 Å². The third-order valence-electron chi connectivity index (χ3n) is 4.42. The van der Waals surface area contributed by atoms with E-state index in [1.54, 1.807) is 11.3 Å². The largest absolute Gasteiger partial charge is 0.356 e. The Morgan fingerprint density at radius 3 is 2.67 bits per heavy atom. The maximum absolute atomic E-state index is 4.39. The molecular weight excluding hydrogens is 318 g/mol. The van der Waals surface area contributed by atoms with Crippen molar-refractivity contribution in [2.75, 3.05) is 39.8 Å². The first-order chi connectivity index (χ1) is 11.8. The summed E-state index contributed by atoms with van der Waals surface area (Å²) in [5, 5.41) is 7.96. The molecule has 0 spiro atoms. The summed E-state index contributed by atoms with van der Waals surface area (Å²) in [6.45, 7) is 7.87. The minimum Gasteiger partial charge on any atom is -0.356 e. The van der Waals surface area contributed by atoms with Crippen LogP contribution in [-0.4, -0.2) is 55.6 Å². The van der Waals surface area contributed by atoms with Gasteiger partial charge in [0, 0.05) is 37.6 Å². The molecule has 0 unspecified atom stereocenters. The van der Waals surface area contributed by atoms with E-state index in [2.05, 4.69) is 32.4 Å². The molecule has 2 heterocycles. The van der Waals surface area contributed by atoms with Crippen molar-refractivity contribution in [3.05, 3.63) is 16.1 Å². The second-order valence-corrected chi connectivity index (χ2v) is 7.82. The maximum atomic E-state index is 4.39. The monoisotopic (exact) mass is 351 g/mol. The van der Waals surface area contributed by atoms with Gasteiger partial charge < -0.3 is 15.5 Å². The lowest BCUT2D eigenvalue weighted by Gasteiger charge is -2.26. The summed E-state index contributed by atoms with van der Waals surface area (Å²) in [5.74, 6) is 0.902. The third kappa shape index (κ3) is 7.62. The van der Waals surface area contributed by atoms with Crippen LogP contribution >= 0.6 is 11.3 Å². The van der Waals surface area contributed by atoms with Crippen LogP contribution in [-0.2, 0) is 6.42 Å². The van der Waals surface area contributed by atoms with Gasteiger partial charge >= 0.3 is 0 Å². The molecule has 24 heavy (non-hydrogen) atoms. The number of nitrogens with zero attached hydrogens (tertiary/aromatic N) is 3. The molecule has 136 valence electrons. The van der Waals surface area contributed by atoms with E-state index < -0.39 is 0 Å². The highest BCUT2D eigenvalue weighted by atomic mass is 32.1. The van der Waals surface area contributed by atoms with E-state index in [4.69, 9.17) is 0 Å². The maximum Gasteiger partial charge on any atom is 0.190 e. The number of likely N-dealkylation sites (tertiary alicyclic amines) is 1. The molecule has 1 saturated heterocycles. The van der Waals surface area contributed by atoms with Crippen molar-refractivity contribution in [1.82, 2.24) is 20.5 Å². The van der Waals surface area contributed by atoms with Crippen LogP contribution in [0.1, 0.15) is 48.4 Å². The third-order valence-corrected chi connectivity index (χ3v) is 5.39. The number of hydrogen-bond donors (Lipinski definition) is 2. The average molecular weight is 352 g/mol. The Balaban J connectivity index is 1.47. The van der Waals surface area contributed by atoms with Gasteiger partial charge in [0.1, 0.15) is 0 Å². The second-order valence-electron chi connectivity index (χ2n) is 6.50. The number of nitrogens with one attached hydrogen (secondary N) is 2. The van der Waals surface area contributed by atoms with Crippen molar-refractivity contribution in [2.45, 2.75) is 51.9 Å². The molecule has 2 N–H and O–H groups in total. The highest BCUT2D eigenvalue weighted by Crippen LogP contribution is 2.11. The Bertz CT molecular complexity index is 480. The van der Waals surface area contributed by atoms with E-state index in [-0.39, 0.29) is 0 Å². The summed E-state index contributed by atoms with van der Waals surface area (Å²) in [6, 6.07) is 0. The zero-order valence-corrected chi connectivity index (χ0v) is 16.1. The van der Waals surface area contributed by atoms with Crippen LogP contribution in [0.2, 0.25) is 0 Å². The van der Waals surface area contributed by atoms with Crippen LogP contribution in [0.5, 0.6) is 0 Å². The van der Waals surface area contributed by atoms with Gasteiger partial charge in [0.15, 0.2) is 5.96 Å². The van der Waals surface area contributed by atoms with E-state index in [1.165, 1.54) is 68.0 Å². The molecule has 0 aliphatic carbocycles. The second kappa shape index (κ2) is 11.4. The van der Waals surface area contributed by atoms with Gasteiger partial charge in [-0.25, -0.2) is 4.98 Å². The van der Waals surface area contributed by atoms with Crippen LogP contribution in [0, 0.1) is 6.92 Å². The van der Waals surface area contributed by atoms with Crippen LogP contribution in [0.4, 0.5) is 0 Å². The summed E-state index contributed by atoms with van der Waals surface area (Å²) in [5.41, 5.74) is 0. The molecular formula is C18H33N5S. The fourth-order valence-corrected chi connectivity index (χ4v) is 3.84. The van der Waals surface area contributed by atoms with Crippen LogP contribution in [0.15, 0.2) is 11.2 Å². The number of piperidine rings is 1. The molecule has 0 amide bonds. The first-order valence-corrected chi connectivity index (χ1v) is 10.2. The molecule has 1 fully saturated rings. The summed E-state index contributed by atoms with van der Waals surface area (Å²) in [4.78, 5) is 12.6. The standard InChI is InChI=1S/C18H33N5S/c1-16-15-22-17(24-16)9-11-21-18(19-2)20-10-5-3-6-12-23-13-7-4-8-14-23/h15H,3-14H2,1-2H3,(H2,19,20,21). The fourth-order valence-electron chi connectivity index (χ4n) is 3.05. The number of aryl methyl sites for hydroxylation is 1. The quantitative estimate of drug-likeness (QED) is 0.408. The van der Waals surface area contributed by atoms with Crippen molar-refractivity contribution in [3.63, 3.8) is 0 Å². The summed E-state index contributed by atoms with van der Waals surface area (Å²) >= 11 is 1.77. The number of hydrogen-bond acceptors (Lipinski definition) is 4. The van der Waals surface area contributed by atoms with Gasteiger partial charge in [-0.1, -0.05) is 12.8 Å². The lowest BCUT2D eigenvalue weighted by atomic mass is 10.1. The molecule has 0 aromatic carbocycles. The van der Waals surface area contributed by atoms with Gasteiger partial charge in [-0.2, -0.15) is 0 Å². The SMILES string of the molecule is CN=C(NCCCCCN1CCCCC1)NCCc1ncc(C)s1. The van der Waals surface area contributed by atoms with Gasteiger partial charge in [-0.15, -0.1) is 11.3 Å². The predicted octanol–water partition coefficient (Wildman–Crippen LogP) is 2.82. The molecule has 1 aliphatic rings. The minimum absolute atomic E-state index is 0.877. The molecule has 1 aromatic heterocycles. The zero-order chi connectivity index (χ0) is 17.0. The van der Waals surface area contributed by atoms with Crippen molar-refractivity contribution in [3.8, 4) is 0 Å². The normalized spacial score (nSPS) is 16.3. The molecule has 0 radical (unpaired) electrons. The summed E-state index contributed by atoms with van der Waals surface area (Å²) in [7, 11) is 1.83. The lowest BCUT2D eigenvalue weighted by Crippen LogP contribution is -2.38. The number of guanidine groups is 1. The topological polar surface area (TPSA) is 52.6 Å². The molecule has 0 saturated carbocycles. The number of aliphatic imine (C=N–C) groups is 1. The van der Waals surface area contributed by atoms with E-state index in [1.807, 2.05) is 13.2 Å². The zero-order valence-electron chi connectivity index (χ0n) is 15.3. The highest BCUT2D eigenvalue weighted by Gasteiger charge is 2.08.